The molecule has 0 unspecified atom stereocenters. The molecule has 0 saturated carbocycles. The number of benzene rings is 1. The topological polar surface area (TPSA) is 49.6 Å². The van der Waals surface area contributed by atoms with E-state index in [1.807, 2.05) is 36.2 Å². The van der Waals surface area contributed by atoms with Crippen molar-refractivity contribution in [3.8, 4) is 0 Å². The number of carbonyl (C=O) groups excluding carboxylic acids is 1. The lowest BCUT2D eigenvalue weighted by molar-refractivity contribution is -0.132. The molecule has 0 bridgehead atoms. The highest BCUT2D eigenvalue weighted by atomic mass is 16.2. The summed E-state index contributed by atoms with van der Waals surface area (Å²) in [6.07, 6.45) is 3.49. The lowest BCUT2D eigenvalue weighted by Crippen LogP contribution is -2.44. The molecular formula is C16H25N3O. The van der Waals surface area contributed by atoms with Crippen molar-refractivity contribution in [2.45, 2.75) is 31.7 Å². The monoisotopic (exact) mass is 275 g/mol. The highest BCUT2D eigenvalue weighted by Crippen LogP contribution is 2.16. The fourth-order valence-corrected chi connectivity index (χ4v) is 2.76. The minimum Gasteiger partial charge on any atom is -0.399 e. The third-order valence-corrected chi connectivity index (χ3v) is 4.21. The average molecular weight is 275 g/mol. The van der Waals surface area contributed by atoms with Gasteiger partial charge in [-0.1, -0.05) is 12.1 Å². The molecule has 0 aromatic heterocycles. The van der Waals surface area contributed by atoms with Crippen LogP contribution in [0.5, 0.6) is 0 Å². The normalized spacial score (nSPS) is 17.1. The summed E-state index contributed by atoms with van der Waals surface area (Å²) in [4.78, 5) is 16.5. The SMILES string of the molecule is CN1CCC(N(C)C(=O)CCc2cccc(N)c2)CC1. The van der Waals surface area contributed by atoms with Gasteiger partial charge in [-0.15, -0.1) is 0 Å². The minimum absolute atomic E-state index is 0.238. The van der Waals surface area contributed by atoms with Crippen molar-refractivity contribution in [3.63, 3.8) is 0 Å². The first-order valence-electron chi connectivity index (χ1n) is 7.35. The summed E-state index contributed by atoms with van der Waals surface area (Å²) in [5.41, 5.74) is 7.65. The van der Waals surface area contributed by atoms with E-state index >= 15 is 0 Å². The maximum absolute atomic E-state index is 12.3. The molecule has 110 valence electrons. The Kier molecular flexibility index (Phi) is 5.01. The third kappa shape index (κ3) is 3.97. The van der Waals surface area contributed by atoms with E-state index in [1.54, 1.807) is 0 Å². The molecule has 0 spiro atoms. The van der Waals surface area contributed by atoms with Gasteiger partial charge in [0.05, 0.1) is 0 Å². The van der Waals surface area contributed by atoms with Crippen LogP contribution in [0, 0.1) is 0 Å². The number of nitrogen functional groups attached to an aromatic ring is 1. The van der Waals surface area contributed by atoms with Crippen LogP contribution in [0.1, 0.15) is 24.8 Å². The fourth-order valence-electron chi connectivity index (χ4n) is 2.76. The number of nitrogens with zero attached hydrogens (tertiary/aromatic N) is 2. The molecule has 0 aliphatic carbocycles. The third-order valence-electron chi connectivity index (χ3n) is 4.21. The smallest absolute Gasteiger partial charge is 0.222 e. The molecule has 1 aliphatic heterocycles. The Hall–Kier alpha value is -1.55. The Morgan fingerprint density at radius 1 is 1.40 bits per heavy atom. The standard InChI is InChI=1S/C16H25N3O/c1-18-10-8-15(9-11-18)19(2)16(20)7-6-13-4-3-5-14(17)12-13/h3-5,12,15H,6-11,17H2,1-2H3. The molecule has 0 radical (unpaired) electrons. The van der Waals surface area contributed by atoms with Gasteiger partial charge in [0.15, 0.2) is 0 Å². The second-order valence-electron chi connectivity index (χ2n) is 5.78. The highest BCUT2D eigenvalue weighted by molar-refractivity contribution is 5.76. The van der Waals surface area contributed by atoms with E-state index in [4.69, 9.17) is 5.73 Å². The van der Waals surface area contributed by atoms with Gasteiger partial charge in [0.1, 0.15) is 0 Å². The summed E-state index contributed by atoms with van der Waals surface area (Å²) in [7, 11) is 4.08. The van der Waals surface area contributed by atoms with Gasteiger partial charge in [0.2, 0.25) is 5.91 Å². The quantitative estimate of drug-likeness (QED) is 0.852. The van der Waals surface area contributed by atoms with Crippen molar-refractivity contribution >= 4 is 11.6 Å². The van der Waals surface area contributed by atoms with E-state index in [0.29, 0.717) is 12.5 Å². The zero-order chi connectivity index (χ0) is 14.5. The summed E-state index contributed by atoms with van der Waals surface area (Å²) in [6.45, 7) is 2.16. The van der Waals surface area contributed by atoms with Gasteiger partial charge in [0, 0.05) is 25.2 Å². The predicted octanol–water partition coefficient (Wildman–Crippen LogP) is 1.75. The van der Waals surface area contributed by atoms with Crippen LogP contribution < -0.4 is 5.73 Å². The molecule has 1 saturated heterocycles. The maximum atomic E-state index is 12.3. The fraction of sp³-hybridized carbons (Fsp3) is 0.562. The molecular weight excluding hydrogens is 250 g/mol. The number of likely N-dealkylation sites (tertiary alicyclic amines) is 1. The van der Waals surface area contributed by atoms with E-state index in [-0.39, 0.29) is 5.91 Å². The number of amides is 1. The molecule has 1 aromatic rings. The number of anilines is 1. The maximum Gasteiger partial charge on any atom is 0.222 e. The Bertz CT molecular complexity index is 453. The average Bonchev–Trinajstić information content (AvgIpc) is 2.45. The molecule has 1 amide bonds. The molecule has 1 heterocycles. The molecule has 4 nitrogen and oxygen atoms in total. The molecule has 1 aliphatic rings. The van der Waals surface area contributed by atoms with E-state index in [1.165, 1.54) is 0 Å². The second kappa shape index (κ2) is 6.75. The zero-order valence-corrected chi connectivity index (χ0v) is 12.5. The van der Waals surface area contributed by atoms with Gasteiger partial charge in [-0.05, 0) is 57.1 Å². The molecule has 20 heavy (non-hydrogen) atoms. The van der Waals surface area contributed by atoms with Gasteiger partial charge < -0.3 is 15.5 Å². The van der Waals surface area contributed by atoms with Crippen molar-refractivity contribution in [1.82, 2.24) is 9.80 Å². The van der Waals surface area contributed by atoms with Gasteiger partial charge in [0.25, 0.3) is 0 Å². The molecule has 0 atom stereocenters. The first-order valence-corrected chi connectivity index (χ1v) is 7.35. The first kappa shape index (κ1) is 14.9. The van der Waals surface area contributed by atoms with Crippen LogP contribution in [0.2, 0.25) is 0 Å². The summed E-state index contributed by atoms with van der Waals surface area (Å²) >= 11 is 0. The number of piperidine rings is 1. The van der Waals surface area contributed by atoms with Crippen LogP contribution in [-0.4, -0.2) is 48.9 Å². The number of nitrogens with two attached hydrogens (primary N) is 1. The first-order chi connectivity index (χ1) is 9.56. The van der Waals surface area contributed by atoms with E-state index in [2.05, 4.69) is 11.9 Å². The van der Waals surface area contributed by atoms with Gasteiger partial charge in [-0.3, -0.25) is 4.79 Å². The van der Waals surface area contributed by atoms with E-state index in [0.717, 1.165) is 43.6 Å². The van der Waals surface area contributed by atoms with Crippen molar-refractivity contribution in [2.24, 2.45) is 0 Å². The van der Waals surface area contributed by atoms with Gasteiger partial charge in [-0.2, -0.15) is 0 Å². The van der Waals surface area contributed by atoms with Crippen molar-refractivity contribution in [1.29, 1.82) is 0 Å². The summed E-state index contributed by atoms with van der Waals surface area (Å²) < 4.78 is 0. The van der Waals surface area contributed by atoms with Crippen molar-refractivity contribution < 1.29 is 4.79 Å². The van der Waals surface area contributed by atoms with Gasteiger partial charge >= 0.3 is 0 Å². The summed E-state index contributed by atoms with van der Waals surface area (Å²) in [5, 5.41) is 0. The van der Waals surface area contributed by atoms with Crippen LogP contribution in [0.4, 0.5) is 5.69 Å². The van der Waals surface area contributed by atoms with Gasteiger partial charge in [-0.25, -0.2) is 0 Å². The Balaban J connectivity index is 1.82. The highest BCUT2D eigenvalue weighted by Gasteiger charge is 2.23. The molecule has 1 fully saturated rings. The Morgan fingerprint density at radius 2 is 2.10 bits per heavy atom. The van der Waals surface area contributed by atoms with Crippen LogP contribution in [0.15, 0.2) is 24.3 Å². The van der Waals surface area contributed by atoms with Crippen molar-refractivity contribution in [2.75, 3.05) is 32.9 Å². The van der Waals surface area contributed by atoms with E-state index in [9.17, 15) is 4.79 Å². The predicted molar refractivity (Wildman–Crippen MR) is 82.5 cm³/mol. The molecule has 2 rings (SSSR count). The van der Waals surface area contributed by atoms with Crippen molar-refractivity contribution in [3.05, 3.63) is 29.8 Å². The number of hydrogen-bond donors (Lipinski definition) is 1. The molecule has 4 heteroatoms. The summed E-state index contributed by atoms with van der Waals surface area (Å²) in [5.74, 6) is 0.238. The van der Waals surface area contributed by atoms with E-state index < -0.39 is 0 Å². The van der Waals surface area contributed by atoms with Crippen LogP contribution >= 0.6 is 0 Å². The second-order valence-corrected chi connectivity index (χ2v) is 5.78. The number of carbonyl (C=O) groups is 1. The number of rotatable bonds is 4. The summed E-state index contributed by atoms with van der Waals surface area (Å²) in [6, 6.07) is 8.19. The zero-order valence-electron chi connectivity index (χ0n) is 12.5. The molecule has 2 N–H and O–H groups in total. The van der Waals surface area contributed by atoms with Crippen LogP contribution in [0.25, 0.3) is 0 Å². The lowest BCUT2D eigenvalue weighted by Gasteiger charge is -2.35. The number of hydrogen-bond acceptors (Lipinski definition) is 3. The number of aryl methyl sites for hydroxylation is 1. The Morgan fingerprint density at radius 3 is 2.75 bits per heavy atom. The Labute approximate surface area is 121 Å². The largest absolute Gasteiger partial charge is 0.399 e. The molecule has 1 aromatic carbocycles. The van der Waals surface area contributed by atoms with Crippen LogP contribution in [-0.2, 0) is 11.2 Å². The van der Waals surface area contributed by atoms with Crippen LogP contribution in [0.3, 0.4) is 0 Å². The minimum atomic E-state index is 0.238. The lowest BCUT2D eigenvalue weighted by atomic mass is 10.0.